The van der Waals surface area contributed by atoms with Crippen LogP contribution in [-0.2, 0) is 5.41 Å². The molecule has 3 aliphatic rings. The molecule has 7 aromatic rings. The van der Waals surface area contributed by atoms with Crippen LogP contribution in [0.5, 0.6) is 11.5 Å². The zero-order valence-electron chi connectivity index (χ0n) is 27.8. The smallest absolute Gasteiger partial charge is 0.145 e. The third-order valence-corrected chi connectivity index (χ3v) is 10.5. The van der Waals surface area contributed by atoms with Gasteiger partial charge in [-0.15, -0.1) is 0 Å². The molecule has 2 aliphatic heterocycles. The summed E-state index contributed by atoms with van der Waals surface area (Å²) in [4.78, 5) is 5.22. The van der Waals surface area contributed by atoms with Gasteiger partial charge >= 0.3 is 0 Å². The Kier molecular flexibility index (Phi) is 6.58. The third-order valence-electron chi connectivity index (χ3n) is 10.5. The fraction of sp³-hybridized carbons (Fsp3) is 0.0426. The second kappa shape index (κ2) is 11.5. The first-order chi connectivity index (χ1) is 25.2. The number of aliphatic imine (C=N–C) groups is 1. The van der Waals surface area contributed by atoms with Crippen molar-refractivity contribution in [3.05, 3.63) is 215 Å². The van der Waals surface area contributed by atoms with Crippen LogP contribution in [-0.4, -0.2) is 5.71 Å². The van der Waals surface area contributed by atoms with Gasteiger partial charge in [-0.3, -0.25) is 4.99 Å². The van der Waals surface area contributed by atoms with Crippen LogP contribution in [0.4, 0.5) is 5.69 Å². The fourth-order valence-corrected chi connectivity index (χ4v) is 8.34. The van der Waals surface area contributed by atoms with Crippen molar-refractivity contribution in [3.63, 3.8) is 0 Å². The molecule has 1 atom stereocenters. The maximum atomic E-state index is 7.32. The predicted molar refractivity (Wildman–Crippen MR) is 207 cm³/mol. The van der Waals surface area contributed by atoms with E-state index < -0.39 is 5.41 Å². The Morgan fingerprint density at radius 2 is 1.04 bits per heavy atom. The van der Waals surface area contributed by atoms with Gasteiger partial charge in [0, 0.05) is 33.6 Å². The maximum Gasteiger partial charge on any atom is 0.145 e. The van der Waals surface area contributed by atoms with E-state index in [2.05, 4.69) is 151 Å². The third kappa shape index (κ3) is 4.43. The lowest BCUT2D eigenvalue weighted by Crippen LogP contribution is -2.33. The van der Waals surface area contributed by atoms with Crippen LogP contribution in [0.15, 0.2) is 181 Å². The molecule has 0 radical (unpaired) electrons. The lowest BCUT2D eigenvalue weighted by Gasteiger charge is -2.41. The molecular weight excluding hydrogens is 623 g/mol. The van der Waals surface area contributed by atoms with Gasteiger partial charge in [-0.1, -0.05) is 152 Å². The van der Waals surface area contributed by atoms with Crippen molar-refractivity contribution in [2.24, 2.45) is 4.99 Å². The highest BCUT2D eigenvalue weighted by molar-refractivity contribution is 6.13. The minimum atomic E-state index is -0.618. The van der Waals surface area contributed by atoms with Gasteiger partial charge in [-0.2, -0.15) is 0 Å². The number of hydrogen-bond donors (Lipinski definition) is 2. The molecule has 1 aliphatic carbocycles. The van der Waals surface area contributed by atoms with Crippen LogP contribution in [0.2, 0.25) is 0 Å². The van der Waals surface area contributed by atoms with Gasteiger partial charge in [0.05, 0.1) is 11.1 Å². The molecule has 0 amide bonds. The molecule has 0 saturated heterocycles. The van der Waals surface area contributed by atoms with E-state index in [9.17, 15) is 0 Å². The maximum absolute atomic E-state index is 7.32. The number of hydrogen-bond acceptors (Lipinski definition) is 4. The molecule has 0 bridgehead atoms. The number of para-hydroxylation sites is 2. The molecule has 2 heterocycles. The van der Waals surface area contributed by atoms with Crippen LogP contribution in [0.3, 0.4) is 0 Å². The van der Waals surface area contributed by atoms with Crippen LogP contribution >= 0.6 is 0 Å². The van der Waals surface area contributed by atoms with Gasteiger partial charge in [0.25, 0.3) is 0 Å². The Labute approximate surface area is 297 Å². The summed E-state index contributed by atoms with van der Waals surface area (Å²) in [6.07, 6.45) is 1.88. The second-order valence-corrected chi connectivity index (χ2v) is 13.3. The number of nitrogens with two attached hydrogens (primary N) is 1. The van der Waals surface area contributed by atoms with Crippen molar-refractivity contribution in [2.75, 3.05) is 5.73 Å². The number of anilines is 1. The van der Waals surface area contributed by atoms with Crippen LogP contribution in [0.1, 0.15) is 45.1 Å². The Hall–Kier alpha value is -6.65. The summed E-state index contributed by atoms with van der Waals surface area (Å²) in [7, 11) is 0. The van der Waals surface area contributed by atoms with E-state index in [1.165, 1.54) is 22.3 Å². The average molecular weight is 656 g/mol. The van der Waals surface area contributed by atoms with Crippen molar-refractivity contribution in [2.45, 2.75) is 11.6 Å². The lowest BCUT2D eigenvalue weighted by molar-refractivity contribution is 0.436. The molecule has 4 heteroatoms. The molecular formula is C47H33N3O. The zero-order valence-corrected chi connectivity index (χ0v) is 27.8. The quantitative estimate of drug-likeness (QED) is 0.186. The molecule has 4 nitrogen and oxygen atoms in total. The van der Waals surface area contributed by atoms with Crippen molar-refractivity contribution in [1.29, 1.82) is 0 Å². The van der Waals surface area contributed by atoms with E-state index in [-0.39, 0.29) is 6.17 Å². The summed E-state index contributed by atoms with van der Waals surface area (Å²) >= 11 is 0. The molecule has 10 rings (SSSR count). The highest BCUT2D eigenvalue weighted by Crippen LogP contribution is 2.64. The Morgan fingerprint density at radius 1 is 0.510 bits per heavy atom. The predicted octanol–water partition coefficient (Wildman–Crippen LogP) is 10.5. The number of nitrogens with zero attached hydrogens (tertiary/aromatic N) is 1. The van der Waals surface area contributed by atoms with Gasteiger partial charge in [0.1, 0.15) is 17.7 Å². The Balaban J connectivity index is 1.26. The topological polar surface area (TPSA) is 59.6 Å². The molecule has 1 unspecified atom stereocenters. The fourth-order valence-electron chi connectivity index (χ4n) is 8.34. The van der Waals surface area contributed by atoms with Crippen molar-refractivity contribution >= 4 is 17.1 Å². The Morgan fingerprint density at radius 3 is 1.73 bits per heavy atom. The molecule has 0 fully saturated rings. The normalized spacial score (nSPS) is 16.0. The second-order valence-electron chi connectivity index (χ2n) is 13.3. The first-order valence-electron chi connectivity index (χ1n) is 17.4. The van der Waals surface area contributed by atoms with E-state index in [4.69, 9.17) is 15.5 Å². The zero-order chi connectivity index (χ0) is 33.9. The number of fused-ring (bicyclic) bond motifs is 9. The summed E-state index contributed by atoms with van der Waals surface area (Å²) in [5.41, 5.74) is 20.7. The number of rotatable bonds is 4. The molecule has 51 heavy (non-hydrogen) atoms. The highest BCUT2D eigenvalue weighted by Gasteiger charge is 2.52. The number of nitrogens with one attached hydrogen (secondary N) is 1. The number of allylic oxidation sites excluding steroid dienone is 1. The Bertz CT molecular complexity index is 2510. The van der Waals surface area contributed by atoms with E-state index >= 15 is 0 Å². The minimum absolute atomic E-state index is 0.280. The van der Waals surface area contributed by atoms with Gasteiger partial charge in [0.15, 0.2) is 0 Å². The molecule has 242 valence electrons. The average Bonchev–Trinajstić information content (AvgIpc) is 3.49. The minimum Gasteiger partial charge on any atom is -0.455 e. The highest BCUT2D eigenvalue weighted by atomic mass is 16.5. The summed E-state index contributed by atoms with van der Waals surface area (Å²) in [5, 5.41) is 3.81. The van der Waals surface area contributed by atoms with Crippen LogP contribution < -0.4 is 15.8 Å². The molecule has 7 aromatic carbocycles. The monoisotopic (exact) mass is 655 g/mol. The van der Waals surface area contributed by atoms with Crippen molar-refractivity contribution in [1.82, 2.24) is 5.32 Å². The molecule has 0 aromatic heterocycles. The number of ether oxygens (including phenoxy) is 1. The van der Waals surface area contributed by atoms with E-state index in [1.54, 1.807) is 0 Å². The first kappa shape index (κ1) is 29.3. The van der Waals surface area contributed by atoms with Gasteiger partial charge in [0.2, 0.25) is 0 Å². The summed E-state index contributed by atoms with van der Waals surface area (Å²) in [6.45, 7) is 0. The van der Waals surface area contributed by atoms with Crippen LogP contribution in [0, 0.1) is 0 Å². The van der Waals surface area contributed by atoms with Gasteiger partial charge in [-0.05, 0) is 63.2 Å². The largest absolute Gasteiger partial charge is 0.455 e. The van der Waals surface area contributed by atoms with Crippen molar-refractivity contribution < 1.29 is 4.74 Å². The molecule has 0 saturated carbocycles. The van der Waals surface area contributed by atoms with E-state index in [0.717, 1.165) is 61.9 Å². The van der Waals surface area contributed by atoms with Gasteiger partial charge < -0.3 is 15.8 Å². The SMILES string of the molecule is Nc1cccc(-c2cccc3c2Oc2c(C4=CC(c5ccccc5)=NC(c5ccccc5)N4)cccc2C32c3ccccc3-c3ccccc32)c1. The summed E-state index contributed by atoms with van der Waals surface area (Å²) in [6, 6.07) is 59.7. The van der Waals surface area contributed by atoms with Crippen molar-refractivity contribution in [3.8, 4) is 33.8 Å². The number of nitrogen functional groups attached to an aromatic ring is 1. The summed E-state index contributed by atoms with van der Waals surface area (Å²) in [5.74, 6) is 1.66. The van der Waals surface area contributed by atoms with Gasteiger partial charge in [-0.25, -0.2) is 0 Å². The van der Waals surface area contributed by atoms with E-state index in [1.807, 2.05) is 30.3 Å². The van der Waals surface area contributed by atoms with E-state index in [0.29, 0.717) is 5.69 Å². The first-order valence-corrected chi connectivity index (χ1v) is 17.4. The molecule has 1 spiro atoms. The standard InChI is InChI=1S/C47H33N3O/c48-33-19-11-18-32(28-33)34-22-12-26-40-44(34)51-45-37(43-29-42(30-14-3-1-4-15-30)49-46(50-43)31-16-5-2-6-17-31)23-13-27-41(45)47(40)38-24-9-7-20-35(38)36-21-8-10-25-39(36)47/h1-29,46,50H,48H2. The number of benzene rings is 7. The van der Waals surface area contributed by atoms with Crippen LogP contribution in [0.25, 0.3) is 28.0 Å². The summed E-state index contributed by atoms with van der Waals surface area (Å²) < 4.78 is 7.32. The molecule has 3 N–H and O–H groups in total. The lowest BCUT2D eigenvalue weighted by atomic mass is 9.65.